The van der Waals surface area contributed by atoms with E-state index < -0.39 is 5.97 Å². The predicted molar refractivity (Wildman–Crippen MR) is 104 cm³/mol. The van der Waals surface area contributed by atoms with E-state index in [0.29, 0.717) is 27.1 Å². The van der Waals surface area contributed by atoms with Crippen LogP contribution in [0.2, 0.25) is 5.02 Å². The number of halogens is 1. The van der Waals surface area contributed by atoms with Gasteiger partial charge in [0.05, 0.1) is 16.5 Å². The van der Waals surface area contributed by atoms with Gasteiger partial charge in [-0.2, -0.15) is 0 Å². The number of hydrogen-bond acceptors (Lipinski definition) is 4. The van der Waals surface area contributed by atoms with Crippen LogP contribution in [0.15, 0.2) is 88.3 Å². The largest absolute Gasteiger partial charge is 0.463 e. The molecule has 0 aliphatic heterocycles. The third-order valence-corrected chi connectivity index (χ3v) is 4.34. The first-order chi connectivity index (χ1) is 13.1. The van der Waals surface area contributed by atoms with Crippen LogP contribution < -0.4 is 10.2 Å². The van der Waals surface area contributed by atoms with Crippen molar-refractivity contribution in [3.05, 3.63) is 99.9 Å². The molecule has 0 saturated carbocycles. The van der Waals surface area contributed by atoms with Crippen molar-refractivity contribution < 1.29 is 13.9 Å². The SMILES string of the molecule is O=C(Oc1ccc2c(=O)c(-c3ccccc3)coc2c1)c1cccc(Cl)c1. The van der Waals surface area contributed by atoms with E-state index in [1.807, 2.05) is 30.3 Å². The van der Waals surface area contributed by atoms with Crippen molar-refractivity contribution in [1.29, 1.82) is 0 Å². The molecule has 0 bridgehead atoms. The fraction of sp³-hybridized carbons (Fsp3) is 0. The number of benzene rings is 3. The van der Waals surface area contributed by atoms with Crippen LogP contribution in [0.5, 0.6) is 5.75 Å². The highest BCUT2D eigenvalue weighted by atomic mass is 35.5. The second-order valence-electron chi connectivity index (χ2n) is 5.90. The van der Waals surface area contributed by atoms with Crippen molar-refractivity contribution in [3.63, 3.8) is 0 Å². The predicted octanol–water partition coefficient (Wildman–Crippen LogP) is 5.33. The Bertz CT molecular complexity index is 1200. The molecule has 0 N–H and O–H groups in total. The van der Waals surface area contributed by atoms with Crippen molar-refractivity contribution in [1.82, 2.24) is 0 Å². The summed E-state index contributed by atoms with van der Waals surface area (Å²) in [5.74, 6) is -0.261. The minimum atomic E-state index is -0.542. The molecule has 4 aromatic rings. The highest BCUT2D eigenvalue weighted by Crippen LogP contribution is 2.24. The zero-order valence-corrected chi connectivity index (χ0v) is 14.8. The van der Waals surface area contributed by atoms with Gasteiger partial charge in [0.25, 0.3) is 0 Å². The summed E-state index contributed by atoms with van der Waals surface area (Å²) in [4.78, 5) is 25.0. The van der Waals surface area contributed by atoms with E-state index in [9.17, 15) is 9.59 Å². The maximum Gasteiger partial charge on any atom is 0.343 e. The molecule has 0 radical (unpaired) electrons. The van der Waals surface area contributed by atoms with Gasteiger partial charge in [0.1, 0.15) is 17.6 Å². The highest BCUT2D eigenvalue weighted by molar-refractivity contribution is 6.30. The van der Waals surface area contributed by atoms with Gasteiger partial charge < -0.3 is 9.15 Å². The summed E-state index contributed by atoms with van der Waals surface area (Å²) in [5, 5.41) is 0.862. The van der Waals surface area contributed by atoms with Gasteiger partial charge in [0.15, 0.2) is 5.43 Å². The first-order valence-electron chi connectivity index (χ1n) is 8.20. The average molecular weight is 377 g/mol. The van der Waals surface area contributed by atoms with Crippen LogP contribution in [0.25, 0.3) is 22.1 Å². The minimum absolute atomic E-state index is 0.143. The van der Waals surface area contributed by atoms with Crippen molar-refractivity contribution in [2.24, 2.45) is 0 Å². The van der Waals surface area contributed by atoms with E-state index in [2.05, 4.69) is 0 Å². The number of carbonyl (C=O) groups is 1. The Morgan fingerprint density at radius 1 is 0.926 bits per heavy atom. The Balaban J connectivity index is 1.67. The van der Waals surface area contributed by atoms with Crippen LogP contribution in [0.4, 0.5) is 0 Å². The number of rotatable bonds is 3. The molecule has 0 unspecified atom stereocenters. The summed E-state index contributed by atoms with van der Waals surface area (Å²) in [5.41, 5.74) is 1.80. The summed E-state index contributed by atoms with van der Waals surface area (Å²) < 4.78 is 11.0. The van der Waals surface area contributed by atoms with E-state index >= 15 is 0 Å². The Morgan fingerprint density at radius 3 is 2.52 bits per heavy atom. The lowest BCUT2D eigenvalue weighted by Gasteiger charge is -2.07. The van der Waals surface area contributed by atoms with Gasteiger partial charge in [0.2, 0.25) is 0 Å². The van der Waals surface area contributed by atoms with Gasteiger partial charge in [-0.05, 0) is 35.9 Å². The lowest BCUT2D eigenvalue weighted by molar-refractivity contribution is 0.0735. The molecule has 0 aliphatic carbocycles. The summed E-state index contributed by atoms with van der Waals surface area (Å²) in [7, 11) is 0. The summed E-state index contributed by atoms with van der Waals surface area (Å²) >= 11 is 5.90. The normalized spacial score (nSPS) is 10.7. The third-order valence-electron chi connectivity index (χ3n) is 4.10. The Hall–Kier alpha value is -3.37. The molecule has 1 aromatic heterocycles. The monoisotopic (exact) mass is 376 g/mol. The maximum atomic E-state index is 12.7. The molecular weight excluding hydrogens is 364 g/mol. The number of hydrogen-bond donors (Lipinski definition) is 0. The molecule has 1 heterocycles. The molecule has 3 aromatic carbocycles. The van der Waals surface area contributed by atoms with E-state index in [4.69, 9.17) is 20.8 Å². The first-order valence-corrected chi connectivity index (χ1v) is 8.58. The number of esters is 1. The summed E-state index contributed by atoms with van der Waals surface area (Å²) in [6.45, 7) is 0. The maximum absolute atomic E-state index is 12.7. The fourth-order valence-corrected chi connectivity index (χ4v) is 2.96. The second-order valence-corrected chi connectivity index (χ2v) is 6.34. The van der Waals surface area contributed by atoms with Gasteiger partial charge in [0, 0.05) is 11.1 Å². The van der Waals surface area contributed by atoms with Gasteiger partial charge >= 0.3 is 5.97 Å². The Morgan fingerprint density at radius 2 is 1.74 bits per heavy atom. The van der Waals surface area contributed by atoms with Gasteiger partial charge in [-0.15, -0.1) is 0 Å². The van der Waals surface area contributed by atoms with E-state index in [-0.39, 0.29) is 11.2 Å². The van der Waals surface area contributed by atoms with Crippen molar-refractivity contribution in [2.45, 2.75) is 0 Å². The molecule has 0 spiro atoms. The standard InChI is InChI=1S/C22H13ClO4/c23-16-8-4-7-15(11-16)22(25)27-17-9-10-18-20(12-17)26-13-19(21(18)24)14-5-2-1-3-6-14/h1-13H. The molecule has 4 rings (SSSR count). The van der Waals surface area contributed by atoms with Crippen molar-refractivity contribution in [2.75, 3.05) is 0 Å². The van der Waals surface area contributed by atoms with Gasteiger partial charge in [-0.1, -0.05) is 48.0 Å². The molecule has 0 amide bonds. The number of ether oxygens (including phenoxy) is 1. The Kier molecular flexibility index (Phi) is 4.48. The van der Waals surface area contributed by atoms with E-state index in [1.165, 1.54) is 18.4 Å². The zero-order valence-electron chi connectivity index (χ0n) is 14.0. The second kappa shape index (κ2) is 7.09. The number of carbonyl (C=O) groups excluding carboxylic acids is 1. The average Bonchev–Trinajstić information content (AvgIpc) is 2.69. The highest BCUT2D eigenvalue weighted by Gasteiger charge is 2.13. The third kappa shape index (κ3) is 3.48. The quantitative estimate of drug-likeness (QED) is 0.358. The van der Waals surface area contributed by atoms with Crippen LogP contribution >= 0.6 is 11.6 Å². The van der Waals surface area contributed by atoms with Gasteiger partial charge in [-0.3, -0.25) is 4.79 Å². The Labute approximate surface area is 159 Å². The molecule has 4 nitrogen and oxygen atoms in total. The van der Waals surface area contributed by atoms with Crippen LogP contribution in [-0.2, 0) is 0 Å². The molecule has 27 heavy (non-hydrogen) atoms. The molecule has 0 aliphatic rings. The lowest BCUT2D eigenvalue weighted by Crippen LogP contribution is -2.09. The van der Waals surface area contributed by atoms with Crippen LogP contribution in [0, 0.1) is 0 Å². The molecule has 0 saturated heterocycles. The number of fused-ring (bicyclic) bond motifs is 1. The topological polar surface area (TPSA) is 56.5 Å². The van der Waals surface area contributed by atoms with Crippen LogP contribution in [0.3, 0.4) is 0 Å². The summed E-state index contributed by atoms with van der Waals surface area (Å²) in [6.07, 6.45) is 1.42. The van der Waals surface area contributed by atoms with Crippen molar-refractivity contribution in [3.8, 4) is 16.9 Å². The molecule has 132 valence electrons. The minimum Gasteiger partial charge on any atom is -0.463 e. The van der Waals surface area contributed by atoms with E-state index in [1.54, 1.807) is 30.3 Å². The van der Waals surface area contributed by atoms with E-state index in [0.717, 1.165) is 5.56 Å². The molecular formula is C22H13ClO4. The lowest BCUT2D eigenvalue weighted by atomic mass is 10.1. The van der Waals surface area contributed by atoms with Gasteiger partial charge in [-0.25, -0.2) is 4.79 Å². The fourth-order valence-electron chi connectivity index (χ4n) is 2.77. The van der Waals surface area contributed by atoms with Crippen LogP contribution in [0.1, 0.15) is 10.4 Å². The molecule has 0 atom stereocenters. The van der Waals surface area contributed by atoms with Crippen molar-refractivity contribution >= 4 is 28.5 Å². The molecule has 5 heteroatoms. The van der Waals surface area contributed by atoms with Crippen LogP contribution in [-0.4, -0.2) is 5.97 Å². The summed E-state index contributed by atoms with van der Waals surface area (Å²) in [6, 6.07) is 20.5. The first kappa shape index (κ1) is 17.1. The smallest absolute Gasteiger partial charge is 0.343 e. The molecule has 0 fully saturated rings. The zero-order chi connectivity index (χ0) is 18.8.